The molecule has 0 unspecified atom stereocenters. The predicted octanol–water partition coefficient (Wildman–Crippen LogP) is 5.89. The van der Waals surface area contributed by atoms with Crippen LogP contribution in [0.25, 0.3) is 38.8 Å². The van der Waals surface area contributed by atoms with Crippen LogP contribution in [0.3, 0.4) is 0 Å². The lowest BCUT2D eigenvalue weighted by atomic mass is 10.0. The summed E-state index contributed by atoms with van der Waals surface area (Å²) in [6.45, 7) is 11.3. The van der Waals surface area contributed by atoms with Crippen LogP contribution in [0, 0.1) is 20.8 Å². The van der Waals surface area contributed by atoms with Gasteiger partial charge in [-0.15, -0.1) is 0 Å². The highest BCUT2D eigenvalue weighted by Crippen LogP contribution is 2.38. The number of nitrogens with zero attached hydrogens (tertiary/aromatic N) is 4. The molecule has 3 heterocycles. The van der Waals surface area contributed by atoms with E-state index < -0.39 is 0 Å². The molecular formula is C32H34N4O3. The molecule has 0 saturated carbocycles. The number of ether oxygens (including phenoxy) is 3. The van der Waals surface area contributed by atoms with E-state index in [9.17, 15) is 0 Å². The third kappa shape index (κ3) is 4.95. The van der Waals surface area contributed by atoms with Gasteiger partial charge >= 0.3 is 0 Å². The molecule has 0 bridgehead atoms. The summed E-state index contributed by atoms with van der Waals surface area (Å²) in [7, 11) is 1.68. The van der Waals surface area contributed by atoms with E-state index in [0.717, 1.165) is 77.3 Å². The zero-order chi connectivity index (χ0) is 26.9. The summed E-state index contributed by atoms with van der Waals surface area (Å²) in [6, 6.07) is 18.9. The van der Waals surface area contributed by atoms with Crippen molar-refractivity contribution in [3.05, 3.63) is 77.5 Å². The normalized spacial score (nSPS) is 14.3. The molecular weight excluding hydrogens is 488 g/mol. The van der Waals surface area contributed by atoms with Gasteiger partial charge in [-0.3, -0.25) is 9.88 Å². The molecule has 7 nitrogen and oxygen atoms in total. The van der Waals surface area contributed by atoms with Crippen LogP contribution in [0.5, 0.6) is 11.5 Å². The zero-order valence-corrected chi connectivity index (χ0v) is 23.0. The number of benzene rings is 3. The molecule has 5 aromatic rings. The topological polar surface area (TPSA) is 61.6 Å². The molecule has 1 fully saturated rings. The van der Waals surface area contributed by atoms with Crippen LogP contribution in [0.1, 0.15) is 16.7 Å². The molecule has 39 heavy (non-hydrogen) atoms. The predicted molar refractivity (Wildman–Crippen MR) is 155 cm³/mol. The molecule has 7 heteroatoms. The van der Waals surface area contributed by atoms with Crippen LogP contribution in [-0.2, 0) is 4.74 Å². The fourth-order valence-electron chi connectivity index (χ4n) is 5.20. The first-order chi connectivity index (χ1) is 19.0. The molecule has 0 aliphatic carbocycles. The number of hydrogen-bond acceptors (Lipinski definition) is 6. The molecule has 200 valence electrons. The number of hydrogen-bond donors (Lipinski definition) is 0. The minimum Gasteiger partial charge on any atom is -0.493 e. The van der Waals surface area contributed by atoms with Crippen molar-refractivity contribution in [2.75, 3.05) is 46.6 Å². The van der Waals surface area contributed by atoms with Gasteiger partial charge in [0, 0.05) is 42.2 Å². The molecule has 1 aliphatic heterocycles. The second kappa shape index (κ2) is 10.7. The maximum absolute atomic E-state index is 6.13. The van der Waals surface area contributed by atoms with Crippen molar-refractivity contribution in [1.82, 2.24) is 19.7 Å². The Labute approximate surface area is 228 Å². The van der Waals surface area contributed by atoms with Crippen molar-refractivity contribution in [2.24, 2.45) is 0 Å². The molecule has 0 atom stereocenters. The van der Waals surface area contributed by atoms with Gasteiger partial charge < -0.3 is 14.2 Å². The average Bonchev–Trinajstić information content (AvgIpc) is 3.35. The summed E-state index contributed by atoms with van der Waals surface area (Å²) in [5, 5.41) is 7.25. The van der Waals surface area contributed by atoms with Crippen molar-refractivity contribution in [3.8, 4) is 28.4 Å². The monoisotopic (exact) mass is 522 g/mol. The van der Waals surface area contributed by atoms with E-state index in [1.54, 1.807) is 7.11 Å². The Balaban J connectivity index is 1.42. The highest BCUT2D eigenvalue weighted by Gasteiger charge is 2.19. The van der Waals surface area contributed by atoms with Gasteiger partial charge in [-0.2, -0.15) is 5.10 Å². The molecule has 1 aliphatic rings. The first kappa shape index (κ1) is 25.3. The summed E-state index contributed by atoms with van der Waals surface area (Å²) < 4.78 is 19.4. The summed E-state index contributed by atoms with van der Waals surface area (Å²) in [5.74, 6) is 1.42. The van der Waals surface area contributed by atoms with E-state index in [1.165, 1.54) is 16.7 Å². The van der Waals surface area contributed by atoms with E-state index in [-0.39, 0.29) is 0 Å². The maximum atomic E-state index is 6.13. The number of pyridine rings is 1. The number of morpholine rings is 1. The zero-order valence-electron chi connectivity index (χ0n) is 23.0. The Kier molecular flexibility index (Phi) is 6.94. The van der Waals surface area contributed by atoms with E-state index in [4.69, 9.17) is 24.3 Å². The summed E-state index contributed by atoms with van der Waals surface area (Å²) in [6.07, 6.45) is 1.94. The number of aromatic nitrogens is 3. The van der Waals surface area contributed by atoms with Crippen LogP contribution < -0.4 is 9.47 Å². The first-order valence-corrected chi connectivity index (χ1v) is 13.5. The maximum Gasteiger partial charge on any atom is 0.161 e. The number of fused-ring (bicyclic) bond motifs is 3. The standard InChI is InChI=1S/C32H34N4O3/c1-21-5-9-28-26(17-21)32-27(20-33-28)31(34-36(32)25-8-6-22(2)23(3)18-25)24-7-10-29(30(19-24)37-4)39-16-13-35-11-14-38-15-12-35/h5-10,17-20H,11-16H2,1-4H3. The van der Waals surface area contributed by atoms with Crippen LogP contribution >= 0.6 is 0 Å². The Hall–Kier alpha value is -3.94. The molecule has 2 aromatic heterocycles. The molecule has 0 N–H and O–H groups in total. The average molecular weight is 523 g/mol. The summed E-state index contributed by atoms with van der Waals surface area (Å²) in [5.41, 5.74) is 8.51. The first-order valence-electron chi connectivity index (χ1n) is 13.5. The quantitative estimate of drug-likeness (QED) is 0.266. The van der Waals surface area contributed by atoms with Crippen LogP contribution in [0.2, 0.25) is 0 Å². The Morgan fingerprint density at radius 1 is 0.872 bits per heavy atom. The Morgan fingerprint density at radius 2 is 1.72 bits per heavy atom. The third-order valence-electron chi connectivity index (χ3n) is 7.60. The van der Waals surface area contributed by atoms with Gasteiger partial charge in [-0.05, 0) is 74.4 Å². The lowest BCUT2D eigenvalue weighted by molar-refractivity contribution is 0.0321. The molecule has 0 spiro atoms. The van der Waals surface area contributed by atoms with Crippen molar-refractivity contribution < 1.29 is 14.2 Å². The molecule has 0 amide bonds. The van der Waals surface area contributed by atoms with E-state index in [0.29, 0.717) is 12.4 Å². The molecule has 3 aromatic carbocycles. The van der Waals surface area contributed by atoms with Gasteiger partial charge in [-0.25, -0.2) is 4.68 Å². The lowest BCUT2D eigenvalue weighted by Crippen LogP contribution is -2.38. The third-order valence-corrected chi connectivity index (χ3v) is 7.60. The highest BCUT2D eigenvalue weighted by atomic mass is 16.5. The van der Waals surface area contributed by atoms with Crippen molar-refractivity contribution in [2.45, 2.75) is 20.8 Å². The summed E-state index contributed by atoms with van der Waals surface area (Å²) in [4.78, 5) is 7.15. The lowest BCUT2D eigenvalue weighted by Gasteiger charge is -2.26. The van der Waals surface area contributed by atoms with Gasteiger partial charge in [0.25, 0.3) is 0 Å². The van der Waals surface area contributed by atoms with Crippen LogP contribution in [0.15, 0.2) is 60.8 Å². The van der Waals surface area contributed by atoms with E-state index in [1.807, 2.05) is 18.3 Å². The van der Waals surface area contributed by atoms with Gasteiger partial charge in [0.05, 0.1) is 37.0 Å². The number of rotatable bonds is 7. The minimum atomic E-state index is 0.593. The van der Waals surface area contributed by atoms with E-state index >= 15 is 0 Å². The highest BCUT2D eigenvalue weighted by molar-refractivity contribution is 6.09. The Bertz CT molecular complexity index is 1650. The summed E-state index contributed by atoms with van der Waals surface area (Å²) >= 11 is 0. The number of methoxy groups -OCH3 is 1. The fraction of sp³-hybridized carbons (Fsp3) is 0.312. The van der Waals surface area contributed by atoms with Crippen molar-refractivity contribution in [3.63, 3.8) is 0 Å². The Morgan fingerprint density at radius 3 is 2.51 bits per heavy atom. The van der Waals surface area contributed by atoms with E-state index in [2.05, 4.69) is 72.8 Å². The smallest absolute Gasteiger partial charge is 0.161 e. The molecule has 1 saturated heterocycles. The van der Waals surface area contributed by atoms with Crippen LogP contribution in [-0.4, -0.2) is 66.2 Å². The van der Waals surface area contributed by atoms with Crippen LogP contribution in [0.4, 0.5) is 0 Å². The van der Waals surface area contributed by atoms with Crippen molar-refractivity contribution in [1.29, 1.82) is 0 Å². The second-order valence-electron chi connectivity index (χ2n) is 10.2. The molecule has 0 radical (unpaired) electrons. The van der Waals surface area contributed by atoms with Gasteiger partial charge in [-0.1, -0.05) is 17.7 Å². The van der Waals surface area contributed by atoms with Gasteiger partial charge in [0.15, 0.2) is 11.5 Å². The second-order valence-corrected chi connectivity index (χ2v) is 10.2. The SMILES string of the molecule is COc1cc(-c2nn(-c3ccc(C)c(C)c3)c3c2cnc2ccc(C)cc23)ccc1OCCN1CCOCC1. The number of aryl methyl sites for hydroxylation is 3. The minimum absolute atomic E-state index is 0.593. The van der Waals surface area contributed by atoms with Gasteiger partial charge in [0.2, 0.25) is 0 Å². The fourth-order valence-corrected chi connectivity index (χ4v) is 5.20. The van der Waals surface area contributed by atoms with Crippen molar-refractivity contribution >= 4 is 21.8 Å². The molecule has 6 rings (SSSR count). The largest absolute Gasteiger partial charge is 0.493 e. The van der Waals surface area contributed by atoms with Gasteiger partial charge in [0.1, 0.15) is 12.3 Å².